The molecule has 0 aliphatic carbocycles. The molecule has 0 spiro atoms. The minimum atomic E-state index is 0.804. The maximum atomic E-state index is 5.40. The summed E-state index contributed by atoms with van der Waals surface area (Å²) in [7, 11) is 1.75. The molecule has 17 heavy (non-hydrogen) atoms. The lowest BCUT2D eigenvalue weighted by Crippen LogP contribution is -2.35. The maximum absolute atomic E-state index is 5.40. The largest absolute Gasteiger partial charge is 0.496 e. The molecule has 0 radical (unpaired) electrons. The first kappa shape index (κ1) is 12.9. The van der Waals surface area contributed by atoms with Gasteiger partial charge in [-0.25, -0.2) is 0 Å². The Morgan fingerprint density at radius 1 is 1.41 bits per heavy atom. The Morgan fingerprint density at radius 2 is 2.24 bits per heavy atom. The molecule has 1 aliphatic heterocycles. The third-order valence-electron chi connectivity index (χ3n) is 3.41. The Labute approximate surface area is 112 Å². The summed E-state index contributed by atoms with van der Waals surface area (Å²) >= 11 is 3.60. The molecular weight excluding hydrogens is 278 g/mol. The van der Waals surface area contributed by atoms with E-state index in [1.807, 2.05) is 12.1 Å². The van der Waals surface area contributed by atoms with E-state index in [-0.39, 0.29) is 0 Å². The molecule has 0 saturated carbocycles. The molecule has 2 rings (SSSR count). The molecule has 1 saturated heterocycles. The number of likely N-dealkylation sites (tertiary alicyclic amines) is 1. The number of rotatable bonds is 4. The summed E-state index contributed by atoms with van der Waals surface area (Å²) in [5.74, 6) is 1.81. The van der Waals surface area contributed by atoms with Gasteiger partial charge in [-0.1, -0.05) is 34.1 Å². The summed E-state index contributed by atoms with van der Waals surface area (Å²) in [5.41, 5.74) is 1.30. The number of nitrogens with zero attached hydrogens (tertiary/aromatic N) is 1. The third-order valence-corrected chi connectivity index (χ3v) is 4.32. The second-order valence-electron chi connectivity index (χ2n) is 4.71. The quantitative estimate of drug-likeness (QED) is 0.791. The summed E-state index contributed by atoms with van der Waals surface area (Å²) in [6, 6.07) is 8.32. The van der Waals surface area contributed by atoms with Gasteiger partial charge in [0.1, 0.15) is 5.75 Å². The molecule has 2 nitrogen and oxygen atoms in total. The average Bonchev–Trinajstić information content (AvgIpc) is 2.39. The van der Waals surface area contributed by atoms with Gasteiger partial charge in [-0.3, -0.25) is 4.90 Å². The molecule has 1 heterocycles. The Kier molecular flexibility index (Phi) is 4.86. The number of para-hydroxylation sites is 1. The summed E-state index contributed by atoms with van der Waals surface area (Å²) in [6.45, 7) is 3.42. The highest BCUT2D eigenvalue weighted by atomic mass is 79.9. The van der Waals surface area contributed by atoms with E-state index in [0.29, 0.717) is 0 Å². The van der Waals surface area contributed by atoms with Crippen molar-refractivity contribution in [1.29, 1.82) is 0 Å². The van der Waals surface area contributed by atoms with Crippen molar-refractivity contribution in [3.05, 3.63) is 29.8 Å². The van der Waals surface area contributed by atoms with E-state index in [1.165, 1.54) is 31.5 Å². The van der Waals surface area contributed by atoms with Gasteiger partial charge in [-0.05, 0) is 31.4 Å². The van der Waals surface area contributed by atoms with Crippen LogP contribution in [0.15, 0.2) is 24.3 Å². The van der Waals surface area contributed by atoms with E-state index in [4.69, 9.17) is 4.74 Å². The highest BCUT2D eigenvalue weighted by molar-refractivity contribution is 9.09. The van der Waals surface area contributed by atoms with Gasteiger partial charge >= 0.3 is 0 Å². The normalized spacial score (nSPS) is 21.4. The molecule has 0 aromatic heterocycles. The molecule has 3 heteroatoms. The maximum Gasteiger partial charge on any atom is 0.123 e. The molecule has 1 aliphatic rings. The zero-order chi connectivity index (χ0) is 12.1. The standard InChI is InChI=1S/C14H20BrNO/c1-17-14-7-3-2-6-13(14)11-16-8-4-5-12(9-15)10-16/h2-3,6-7,12H,4-5,8-11H2,1H3. The van der Waals surface area contributed by atoms with Crippen LogP contribution in [0.25, 0.3) is 0 Å². The van der Waals surface area contributed by atoms with Gasteiger partial charge in [-0.2, -0.15) is 0 Å². The van der Waals surface area contributed by atoms with Crippen LogP contribution in [0.4, 0.5) is 0 Å². The number of methoxy groups -OCH3 is 1. The number of halogens is 1. The van der Waals surface area contributed by atoms with Crippen molar-refractivity contribution in [3.63, 3.8) is 0 Å². The van der Waals surface area contributed by atoms with E-state index in [2.05, 4.69) is 33.0 Å². The molecular formula is C14H20BrNO. The van der Waals surface area contributed by atoms with Crippen molar-refractivity contribution in [3.8, 4) is 5.75 Å². The van der Waals surface area contributed by atoms with Crippen molar-refractivity contribution in [2.45, 2.75) is 19.4 Å². The highest BCUT2D eigenvalue weighted by Gasteiger charge is 2.19. The predicted octanol–water partition coefficient (Wildman–Crippen LogP) is 3.30. The van der Waals surface area contributed by atoms with E-state index in [9.17, 15) is 0 Å². The Morgan fingerprint density at radius 3 is 3.00 bits per heavy atom. The van der Waals surface area contributed by atoms with Gasteiger partial charge in [0, 0.05) is 24.0 Å². The molecule has 1 fully saturated rings. The molecule has 1 unspecified atom stereocenters. The number of hydrogen-bond donors (Lipinski definition) is 0. The van der Waals surface area contributed by atoms with Crippen LogP contribution < -0.4 is 4.74 Å². The Hall–Kier alpha value is -0.540. The smallest absolute Gasteiger partial charge is 0.123 e. The lowest BCUT2D eigenvalue weighted by molar-refractivity contribution is 0.177. The molecule has 1 atom stereocenters. The molecule has 0 bridgehead atoms. The first-order valence-electron chi connectivity index (χ1n) is 6.23. The minimum absolute atomic E-state index is 0.804. The second kappa shape index (κ2) is 6.41. The van der Waals surface area contributed by atoms with Gasteiger partial charge < -0.3 is 4.74 Å². The number of hydrogen-bond acceptors (Lipinski definition) is 2. The minimum Gasteiger partial charge on any atom is -0.496 e. The number of alkyl halides is 1. The van der Waals surface area contributed by atoms with Gasteiger partial charge in [0.05, 0.1) is 7.11 Å². The molecule has 1 aromatic carbocycles. The van der Waals surface area contributed by atoms with Gasteiger partial charge in [0.25, 0.3) is 0 Å². The van der Waals surface area contributed by atoms with E-state index < -0.39 is 0 Å². The van der Waals surface area contributed by atoms with Crippen LogP contribution in [-0.4, -0.2) is 30.4 Å². The fourth-order valence-electron chi connectivity index (χ4n) is 2.50. The van der Waals surface area contributed by atoms with Crippen molar-refractivity contribution in [2.24, 2.45) is 5.92 Å². The average molecular weight is 298 g/mol. The number of benzene rings is 1. The third kappa shape index (κ3) is 3.46. The van der Waals surface area contributed by atoms with Crippen molar-refractivity contribution in [2.75, 3.05) is 25.5 Å². The molecule has 1 aromatic rings. The summed E-state index contributed by atoms with van der Waals surface area (Å²) < 4.78 is 5.40. The molecule has 94 valence electrons. The lowest BCUT2D eigenvalue weighted by atomic mass is 9.99. The van der Waals surface area contributed by atoms with Crippen LogP contribution in [0.2, 0.25) is 0 Å². The Bertz CT molecular complexity index is 356. The van der Waals surface area contributed by atoms with Crippen molar-refractivity contribution >= 4 is 15.9 Å². The van der Waals surface area contributed by atoms with E-state index in [0.717, 1.165) is 23.5 Å². The predicted molar refractivity (Wildman–Crippen MR) is 74.8 cm³/mol. The van der Waals surface area contributed by atoms with Crippen LogP contribution in [0.1, 0.15) is 18.4 Å². The van der Waals surface area contributed by atoms with Crippen LogP contribution in [0.3, 0.4) is 0 Å². The van der Waals surface area contributed by atoms with Crippen LogP contribution in [0, 0.1) is 5.92 Å². The number of ether oxygens (including phenoxy) is 1. The molecule has 0 amide bonds. The zero-order valence-corrected chi connectivity index (χ0v) is 11.9. The lowest BCUT2D eigenvalue weighted by Gasteiger charge is -2.32. The highest BCUT2D eigenvalue weighted by Crippen LogP contribution is 2.23. The van der Waals surface area contributed by atoms with Gasteiger partial charge in [-0.15, -0.1) is 0 Å². The Balaban J connectivity index is 2.00. The topological polar surface area (TPSA) is 12.5 Å². The van der Waals surface area contributed by atoms with Crippen LogP contribution >= 0.6 is 15.9 Å². The van der Waals surface area contributed by atoms with E-state index in [1.54, 1.807) is 7.11 Å². The van der Waals surface area contributed by atoms with Gasteiger partial charge in [0.2, 0.25) is 0 Å². The monoisotopic (exact) mass is 297 g/mol. The van der Waals surface area contributed by atoms with E-state index >= 15 is 0 Å². The van der Waals surface area contributed by atoms with Crippen molar-refractivity contribution < 1.29 is 4.74 Å². The van der Waals surface area contributed by atoms with Crippen LogP contribution in [0.5, 0.6) is 5.75 Å². The summed E-state index contributed by atoms with van der Waals surface area (Å²) in [6.07, 6.45) is 2.67. The SMILES string of the molecule is COc1ccccc1CN1CCCC(CBr)C1. The van der Waals surface area contributed by atoms with Crippen LogP contribution in [-0.2, 0) is 6.54 Å². The fourth-order valence-corrected chi connectivity index (χ4v) is 3.02. The second-order valence-corrected chi connectivity index (χ2v) is 5.36. The number of piperidine rings is 1. The van der Waals surface area contributed by atoms with Crippen molar-refractivity contribution in [1.82, 2.24) is 4.90 Å². The first-order valence-corrected chi connectivity index (χ1v) is 7.36. The summed E-state index contributed by atoms with van der Waals surface area (Å²) in [4.78, 5) is 2.54. The first-order chi connectivity index (χ1) is 8.33. The molecule has 0 N–H and O–H groups in total. The summed E-state index contributed by atoms with van der Waals surface area (Å²) in [5, 5.41) is 1.12. The van der Waals surface area contributed by atoms with Gasteiger partial charge in [0.15, 0.2) is 0 Å². The zero-order valence-electron chi connectivity index (χ0n) is 10.4. The fraction of sp³-hybridized carbons (Fsp3) is 0.571.